The fraction of sp³-hybridized carbons (Fsp3) is 0.471. The SMILES string of the molecule is CC(C(=O)C(C)C1=CC2SC=CC2S1)C1=CC2SC=CC2S1. The van der Waals surface area contributed by atoms with Crippen LogP contribution in [0.3, 0.4) is 0 Å². The molecule has 0 N–H and O–H groups in total. The van der Waals surface area contributed by atoms with Crippen molar-refractivity contribution < 1.29 is 4.79 Å². The molecule has 0 aliphatic carbocycles. The fourth-order valence-electron chi connectivity index (χ4n) is 3.15. The molecule has 0 saturated heterocycles. The molecule has 0 aromatic carbocycles. The van der Waals surface area contributed by atoms with E-state index in [1.165, 1.54) is 9.81 Å². The molecule has 6 unspecified atom stereocenters. The monoisotopic (exact) mass is 366 g/mol. The Morgan fingerprint density at radius 2 is 1.32 bits per heavy atom. The summed E-state index contributed by atoms with van der Waals surface area (Å²) in [5.41, 5.74) is 0. The number of carbonyl (C=O) groups is 1. The molecule has 0 fully saturated rings. The maximum absolute atomic E-state index is 12.9. The summed E-state index contributed by atoms with van der Waals surface area (Å²) >= 11 is 7.52. The number of fused-ring (bicyclic) bond motifs is 2. The number of carbonyl (C=O) groups excluding carboxylic acids is 1. The predicted molar refractivity (Wildman–Crippen MR) is 103 cm³/mol. The summed E-state index contributed by atoms with van der Waals surface area (Å²) in [6, 6.07) is 0. The zero-order valence-corrected chi connectivity index (χ0v) is 15.7. The van der Waals surface area contributed by atoms with Gasteiger partial charge in [0.15, 0.2) is 0 Å². The van der Waals surface area contributed by atoms with E-state index < -0.39 is 0 Å². The molecule has 0 radical (unpaired) electrons. The summed E-state index contributed by atoms with van der Waals surface area (Å²) in [6.45, 7) is 4.17. The van der Waals surface area contributed by atoms with E-state index in [0.29, 0.717) is 26.8 Å². The van der Waals surface area contributed by atoms with Gasteiger partial charge in [-0.3, -0.25) is 4.79 Å². The molecule has 0 saturated carbocycles. The lowest BCUT2D eigenvalue weighted by atomic mass is 9.93. The highest BCUT2D eigenvalue weighted by atomic mass is 32.2. The van der Waals surface area contributed by atoms with Crippen LogP contribution in [0.1, 0.15) is 13.8 Å². The molecule has 4 rings (SSSR count). The van der Waals surface area contributed by atoms with Gasteiger partial charge in [-0.15, -0.1) is 47.0 Å². The van der Waals surface area contributed by atoms with Crippen LogP contribution in [-0.2, 0) is 4.79 Å². The third-order valence-electron chi connectivity index (χ3n) is 4.56. The van der Waals surface area contributed by atoms with Crippen LogP contribution in [0.2, 0.25) is 0 Å². The molecule has 0 aromatic heterocycles. The normalized spacial score (nSPS) is 37.7. The molecule has 4 aliphatic rings. The zero-order chi connectivity index (χ0) is 15.3. The Balaban J connectivity index is 1.43. The summed E-state index contributed by atoms with van der Waals surface area (Å²) in [5, 5.41) is 6.57. The van der Waals surface area contributed by atoms with E-state index in [4.69, 9.17) is 0 Å². The summed E-state index contributed by atoms with van der Waals surface area (Å²) in [5.74, 6) is 0.440. The Bertz CT molecular complexity index is 566. The van der Waals surface area contributed by atoms with E-state index in [-0.39, 0.29) is 11.8 Å². The number of ketones is 1. The fourth-order valence-corrected chi connectivity index (χ4v) is 8.52. The zero-order valence-electron chi connectivity index (χ0n) is 12.5. The van der Waals surface area contributed by atoms with Crippen molar-refractivity contribution >= 4 is 52.8 Å². The van der Waals surface area contributed by atoms with Crippen molar-refractivity contribution in [2.45, 2.75) is 34.8 Å². The van der Waals surface area contributed by atoms with Gasteiger partial charge in [0.05, 0.1) is 0 Å². The lowest BCUT2D eigenvalue weighted by Gasteiger charge is -2.18. The van der Waals surface area contributed by atoms with Crippen LogP contribution < -0.4 is 0 Å². The van der Waals surface area contributed by atoms with Crippen molar-refractivity contribution in [2.24, 2.45) is 11.8 Å². The standard InChI is InChI=1S/C17H18OS4/c1-9(13-7-15-11(21-13)3-5-19-15)17(18)10(2)14-8-16-12(22-14)4-6-20-16/h3-12,15-16H,1-2H3. The number of Topliss-reactive ketones (excluding diaryl/α,β-unsaturated/α-hetero) is 1. The Morgan fingerprint density at radius 3 is 1.73 bits per heavy atom. The van der Waals surface area contributed by atoms with Crippen molar-refractivity contribution in [1.82, 2.24) is 0 Å². The lowest BCUT2D eigenvalue weighted by molar-refractivity contribution is -0.123. The first-order valence-corrected chi connectivity index (χ1v) is 11.2. The average molecular weight is 367 g/mol. The van der Waals surface area contributed by atoms with E-state index >= 15 is 0 Å². The second kappa shape index (κ2) is 6.15. The van der Waals surface area contributed by atoms with Gasteiger partial charge in [-0.2, -0.15) is 0 Å². The first kappa shape index (κ1) is 15.6. The molecule has 0 spiro atoms. The van der Waals surface area contributed by atoms with Crippen molar-refractivity contribution in [3.8, 4) is 0 Å². The molecular formula is C17H18OS4. The molecule has 5 heteroatoms. The van der Waals surface area contributed by atoms with Gasteiger partial charge in [-0.25, -0.2) is 0 Å². The minimum Gasteiger partial charge on any atom is -0.298 e. The van der Waals surface area contributed by atoms with E-state index in [1.54, 1.807) is 0 Å². The topological polar surface area (TPSA) is 17.1 Å². The van der Waals surface area contributed by atoms with Gasteiger partial charge < -0.3 is 0 Å². The van der Waals surface area contributed by atoms with Gasteiger partial charge >= 0.3 is 0 Å². The molecule has 0 aromatic rings. The molecule has 4 aliphatic heterocycles. The molecule has 116 valence electrons. The maximum atomic E-state index is 12.9. The predicted octanol–water partition coefficient (Wildman–Crippen LogP) is 5.08. The van der Waals surface area contributed by atoms with Gasteiger partial charge in [0.25, 0.3) is 0 Å². The molecule has 4 heterocycles. The summed E-state index contributed by atoms with van der Waals surface area (Å²) in [4.78, 5) is 15.5. The minimum absolute atomic E-state index is 0.0322. The molecule has 6 atom stereocenters. The van der Waals surface area contributed by atoms with Crippen LogP contribution in [0, 0.1) is 11.8 Å². The van der Waals surface area contributed by atoms with Gasteiger partial charge in [-0.05, 0) is 20.6 Å². The third kappa shape index (κ3) is 2.68. The number of hydrogen-bond acceptors (Lipinski definition) is 5. The molecular weight excluding hydrogens is 348 g/mol. The minimum atomic E-state index is 0.0322. The third-order valence-corrected chi connectivity index (χ3v) is 9.99. The van der Waals surface area contributed by atoms with Gasteiger partial charge in [-0.1, -0.05) is 38.2 Å². The molecule has 22 heavy (non-hydrogen) atoms. The van der Waals surface area contributed by atoms with Crippen LogP contribution >= 0.6 is 47.0 Å². The van der Waals surface area contributed by atoms with Crippen LogP contribution in [0.5, 0.6) is 0 Å². The number of rotatable bonds is 4. The lowest BCUT2D eigenvalue weighted by Crippen LogP contribution is -2.20. The van der Waals surface area contributed by atoms with Crippen molar-refractivity contribution in [3.63, 3.8) is 0 Å². The van der Waals surface area contributed by atoms with E-state index in [1.807, 2.05) is 47.0 Å². The highest BCUT2D eigenvalue weighted by Gasteiger charge is 2.38. The first-order chi connectivity index (χ1) is 10.6. The van der Waals surface area contributed by atoms with Gasteiger partial charge in [0.1, 0.15) is 5.78 Å². The maximum Gasteiger partial charge on any atom is 0.148 e. The van der Waals surface area contributed by atoms with Crippen LogP contribution in [0.15, 0.2) is 44.9 Å². The molecule has 0 bridgehead atoms. The van der Waals surface area contributed by atoms with Crippen LogP contribution in [-0.4, -0.2) is 26.8 Å². The van der Waals surface area contributed by atoms with Crippen LogP contribution in [0.25, 0.3) is 0 Å². The highest BCUT2D eigenvalue weighted by molar-refractivity contribution is 8.09. The van der Waals surface area contributed by atoms with Gasteiger partial charge in [0.2, 0.25) is 0 Å². The van der Waals surface area contributed by atoms with E-state index in [0.717, 1.165) is 0 Å². The Labute approximate surface area is 148 Å². The summed E-state index contributed by atoms with van der Waals surface area (Å²) < 4.78 is 0. The number of thioether (sulfide) groups is 4. The van der Waals surface area contributed by atoms with E-state index in [9.17, 15) is 4.79 Å². The highest BCUT2D eigenvalue weighted by Crippen LogP contribution is 2.49. The van der Waals surface area contributed by atoms with Crippen molar-refractivity contribution in [3.05, 3.63) is 44.9 Å². The second-order valence-electron chi connectivity index (χ2n) is 6.01. The van der Waals surface area contributed by atoms with Crippen LogP contribution in [0.4, 0.5) is 0 Å². The van der Waals surface area contributed by atoms with Gasteiger partial charge in [0, 0.05) is 32.8 Å². The average Bonchev–Trinajstić information content (AvgIpc) is 3.21. The molecule has 1 nitrogen and oxygen atoms in total. The van der Waals surface area contributed by atoms with E-state index in [2.05, 4.69) is 49.0 Å². The quantitative estimate of drug-likeness (QED) is 0.687. The molecule has 0 amide bonds. The Kier molecular flexibility index (Phi) is 4.35. The number of allylic oxidation sites excluding steroid dienone is 2. The van der Waals surface area contributed by atoms with Crippen molar-refractivity contribution in [1.29, 1.82) is 0 Å². The Morgan fingerprint density at radius 1 is 0.864 bits per heavy atom. The largest absolute Gasteiger partial charge is 0.298 e. The first-order valence-electron chi connectivity index (χ1n) is 7.58. The summed E-state index contributed by atoms with van der Waals surface area (Å²) in [6.07, 6.45) is 9.17. The van der Waals surface area contributed by atoms with Crippen molar-refractivity contribution in [2.75, 3.05) is 0 Å². The smallest absolute Gasteiger partial charge is 0.148 e. The number of hydrogen-bond donors (Lipinski definition) is 0. The Hall–Kier alpha value is 0.0300. The second-order valence-corrected chi connectivity index (χ2v) is 10.7. The summed E-state index contributed by atoms with van der Waals surface area (Å²) in [7, 11) is 0.